The summed E-state index contributed by atoms with van der Waals surface area (Å²) in [6, 6.07) is 1.98. The molecule has 110 valence electrons. The molecule has 20 heavy (non-hydrogen) atoms. The second-order valence-corrected chi connectivity index (χ2v) is 7.90. The van der Waals surface area contributed by atoms with Crippen LogP contribution in [0, 0.1) is 5.82 Å². The average Bonchev–Trinajstić information content (AvgIpc) is 2.32. The standard InChI is InChI=1S/C12H14BrFN2O3S/c1-7-6-20(18,19)3-2-16(7)12(17)8-4-11(15)10(14)5-9(8)13/h4-5,7H,2-3,6,15H2,1H3. The molecule has 0 aromatic heterocycles. The van der Waals surface area contributed by atoms with Gasteiger partial charge in [-0.2, -0.15) is 0 Å². The number of sulfone groups is 1. The molecule has 2 rings (SSSR count). The third-order valence-corrected chi connectivity index (χ3v) is 5.70. The van der Waals surface area contributed by atoms with Gasteiger partial charge >= 0.3 is 0 Å². The molecule has 1 aliphatic rings. The quantitative estimate of drug-likeness (QED) is 0.764. The molecule has 1 amide bonds. The third-order valence-electron chi connectivity index (χ3n) is 3.25. The number of hydrogen-bond donors (Lipinski definition) is 1. The number of rotatable bonds is 1. The topological polar surface area (TPSA) is 80.5 Å². The number of hydrogen-bond acceptors (Lipinski definition) is 4. The molecule has 1 atom stereocenters. The Morgan fingerprint density at radius 1 is 1.50 bits per heavy atom. The summed E-state index contributed by atoms with van der Waals surface area (Å²) < 4.78 is 36.6. The number of benzene rings is 1. The van der Waals surface area contributed by atoms with Gasteiger partial charge in [-0.1, -0.05) is 0 Å². The van der Waals surface area contributed by atoms with Gasteiger partial charge in [0, 0.05) is 17.1 Å². The van der Waals surface area contributed by atoms with Crippen LogP contribution in [0.2, 0.25) is 0 Å². The van der Waals surface area contributed by atoms with E-state index in [2.05, 4.69) is 15.9 Å². The molecule has 5 nitrogen and oxygen atoms in total. The number of halogens is 2. The Balaban J connectivity index is 2.31. The normalized spacial score (nSPS) is 21.8. The monoisotopic (exact) mass is 364 g/mol. The van der Waals surface area contributed by atoms with E-state index in [1.165, 1.54) is 11.0 Å². The van der Waals surface area contributed by atoms with Crippen molar-refractivity contribution in [3.05, 3.63) is 28.0 Å². The van der Waals surface area contributed by atoms with Crippen LogP contribution in [0.4, 0.5) is 10.1 Å². The molecule has 1 aliphatic heterocycles. The summed E-state index contributed by atoms with van der Waals surface area (Å²) in [7, 11) is -3.10. The van der Waals surface area contributed by atoms with Crippen LogP contribution in [0.1, 0.15) is 17.3 Å². The zero-order valence-electron chi connectivity index (χ0n) is 10.8. The van der Waals surface area contributed by atoms with Gasteiger partial charge in [-0.15, -0.1) is 0 Å². The lowest BCUT2D eigenvalue weighted by molar-refractivity contribution is 0.0711. The van der Waals surface area contributed by atoms with E-state index < -0.39 is 21.7 Å². The van der Waals surface area contributed by atoms with Gasteiger partial charge in [0.2, 0.25) is 0 Å². The molecule has 1 heterocycles. The van der Waals surface area contributed by atoms with E-state index in [0.29, 0.717) is 4.47 Å². The van der Waals surface area contributed by atoms with Crippen LogP contribution in [0.5, 0.6) is 0 Å². The van der Waals surface area contributed by atoms with Crippen molar-refractivity contribution in [3.8, 4) is 0 Å². The summed E-state index contributed by atoms with van der Waals surface area (Å²) in [5.41, 5.74) is 5.59. The second-order valence-electron chi connectivity index (χ2n) is 4.82. The van der Waals surface area contributed by atoms with Gasteiger partial charge in [0.05, 0.1) is 22.8 Å². The van der Waals surface area contributed by atoms with Gasteiger partial charge in [-0.25, -0.2) is 12.8 Å². The fourth-order valence-corrected chi connectivity index (χ4v) is 4.23. The van der Waals surface area contributed by atoms with Crippen molar-refractivity contribution in [2.45, 2.75) is 13.0 Å². The first kappa shape index (κ1) is 15.2. The minimum atomic E-state index is -3.10. The Kier molecular flexibility index (Phi) is 4.06. The smallest absolute Gasteiger partial charge is 0.255 e. The van der Waals surface area contributed by atoms with E-state index in [1.807, 2.05) is 0 Å². The number of nitrogens with two attached hydrogens (primary N) is 1. The van der Waals surface area contributed by atoms with Crippen molar-refractivity contribution < 1.29 is 17.6 Å². The predicted octanol–water partition coefficient (Wildman–Crippen LogP) is 1.43. The van der Waals surface area contributed by atoms with Gasteiger partial charge in [0.1, 0.15) is 5.82 Å². The zero-order valence-corrected chi connectivity index (χ0v) is 13.2. The number of anilines is 1. The van der Waals surface area contributed by atoms with Gasteiger partial charge in [0.25, 0.3) is 5.91 Å². The molecule has 1 unspecified atom stereocenters. The van der Waals surface area contributed by atoms with E-state index in [-0.39, 0.29) is 35.2 Å². The minimum absolute atomic E-state index is 0.0582. The lowest BCUT2D eigenvalue weighted by Gasteiger charge is -2.33. The summed E-state index contributed by atoms with van der Waals surface area (Å²) in [5, 5.41) is 0. The van der Waals surface area contributed by atoms with Gasteiger partial charge in [0.15, 0.2) is 9.84 Å². The molecule has 1 fully saturated rings. The zero-order chi connectivity index (χ0) is 15.1. The largest absolute Gasteiger partial charge is 0.396 e. The highest BCUT2D eigenvalue weighted by Gasteiger charge is 2.32. The van der Waals surface area contributed by atoms with E-state index in [9.17, 15) is 17.6 Å². The van der Waals surface area contributed by atoms with Crippen molar-refractivity contribution in [1.29, 1.82) is 0 Å². The first-order valence-electron chi connectivity index (χ1n) is 5.97. The Morgan fingerprint density at radius 2 is 2.15 bits per heavy atom. The van der Waals surface area contributed by atoms with E-state index >= 15 is 0 Å². The number of carbonyl (C=O) groups excluding carboxylic acids is 1. The van der Waals surface area contributed by atoms with E-state index in [4.69, 9.17) is 5.73 Å². The highest BCUT2D eigenvalue weighted by molar-refractivity contribution is 9.10. The highest BCUT2D eigenvalue weighted by Crippen LogP contribution is 2.25. The van der Waals surface area contributed by atoms with Crippen molar-refractivity contribution >= 4 is 37.4 Å². The first-order valence-corrected chi connectivity index (χ1v) is 8.58. The summed E-state index contributed by atoms with van der Waals surface area (Å²) in [5.74, 6) is -1.08. The third kappa shape index (κ3) is 2.95. The summed E-state index contributed by atoms with van der Waals surface area (Å²) >= 11 is 3.13. The molecule has 1 saturated heterocycles. The fourth-order valence-electron chi connectivity index (χ4n) is 2.18. The van der Waals surface area contributed by atoms with Crippen molar-refractivity contribution in [1.82, 2.24) is 4.90 Å². The molecule has 0 radical (unpaired) electrons. The number of nitrogens with zero attached hydrogens (tertiary/aromatic N) is 1. The number of carbonyl (C=O) groups is 1. The molecule has 2 N–H and O–H groups in total. The molecule has 8 heteroatoms. The van der Waals surface area contributed by atoms with Gasteiger partial charge in [-0.3, -0.25) is 4.79 Å². The summed E-state index contributed by atoms with van der Waals surface area (Å²) in [4.78, 5) is 13.9. The molecular formula is C12H14BrFN2O3S. The van der Waals surface area contributed by atoms with Crippen LogP contribution in [0.15, 0.2) is 16.6 Å². The van der Waals surface area contributed by atoms with E-state index in [0.717, 1.165) is 6.07 Å². The predicted molar refractivity (Wildman–Crippen MR) is 77.7 cm³/mol. The Bertz CT molecular complexity index is 663. The lowest BCUT2D eigenvalue weighted by atomic mass is 10.1. The maximum Gasteiger partial charge on any atom is 0.255 e. The Hall–Kier alpha value is -1.15. The molecule has 1 aromatic rings. The maximum atomic E-state index is 13.3. The Morgan fingerprint density at radius 3 is 2.75 bits per heavy atom. The minimum Gasteiger partial charge on any atom is -0.396 e. The summed E-state index contributed by atoms with van der Waals surface area (Å²) in [6.45, 7) is 1.81. The molecule has 0 spiro atoms. The van der Waals surface area contributed by atoms with Crippen LogP contribution >= 0.6 is 15.9 Å². The van der Waals surface area contributed by atoms with Crippen molar-refractivity contribution in [2.24, 2.45) is 0 Å². The van der Waals surface area contributed by atoms with Crippen molar-refractivity contribution in [3.63, 3.8) is 0 Å². The van der Waals surface area contributed by atoms with Crippen LogP contribution < -0.4 is 5.73 Å². The average molecular weight is 365 g/mol. The van der Waals surface area contributed by atoms with Crippen LogP contribution in [-0.2, 0) is 9.84 Å². The van der Waals surface area contributed by atoms with Crippen LogP contribution in [0.25, 0.3) is 0 Å². The molecule has 0 aliphatic carbocycles. The maximum absolute atomic E-state index is 13.3. The van der Waals surface area contributed by atoms with E-state index in [1.54, 1.807) is 6.92 Å². The fraction of sp³-hybridized carbons (Fsp3) is 0.417. The first-order chi connectivity index (χ1) is 9.21. The van der Waals surface area contributed by atoms with Crippen LogP contribution in [-0.4, -0.2) is 43.3 Å². The van der Waals surface area contributed by atoms with Gasteiger partial charge in [-0.05, 0) is 35.0 Å². The number of amides is 1. The van der Waals surface area contributed by atoms with Gasteiger partial charge < -0.3 is 10.6 Å². The molecule has 1 aromatic carbocycles. The summed E-state index contributed by atoms with van der Waals surface area (Å²) in [6.07, 6.45) is 0. The van der Waals surface area contributed by atoms with Crippen molar-refractivity contribution in [2.75, 3.05) is 23.8 Å². The highest BCUT2D eigenvalue weighted by atomic mass is 79.9. The van der Waals surface area contributed by atoms with Crippen LogP contribution in [0.3, 0.4) is 0 Å². The molecular weight excluding hydrogens is 351 g/mol. The lowest BCUT2D eigenvalue weighted by Crippen LogP contribution is -2.49. The number of nitrogen functional groups attached to an aromatic ring is 1. The SMILES string of the molecule is CC1CS(=O)(=O)CCN1C(=O)c1cc(N)c(F)cc1Br. The second kappa shape index (κ2) is 5.33. The molecule has 0 saturated carbocycles. The Labute approximate surface area is 125 Å². The molecule has 0 bridgehead atoms.